The number of aromatic nitrogens is 3. The van der Waals surface area contributed by atoms with Crippen LogP contribution in [0.3, 0.4) is 0 Å². The van der Waals surface area contributed by atoms with Gasteiger partial charge in [0.25, 0.3) is 0 Å². The summed E-state index contributed by atoms with van der Waals surface area (Å²) in [6.07, 6.45) is 9.77. The van der Waals surface area contributed by atoms with Gasteiger partial charge in [-0.1, -0.05) is 13.0 Å². The molecule has 2 N–H and O–H groups in total. The second-order valence-corrected chi connectivity index (χ2v) is 12.7. The summed E-state index contributed by atoms with van der Waals surface area (Å²) in [5, 5.41) is 9.08. The lowest BCUT2D eigenvalue weighted by atomic mass is 9.99. The standard InChI is InChI=1S/C33H45N5O2S.2ClH/c1-3-27-21-36-33(29-20-32-28(37(29)2)12-18-41-32)38(27)17-4-5-24-6-7-30(39-22-25-8-13-34-14-9-25)31(19-24)40-23-26-10-15-35-16-11-26;;/h6-7,12,18-21,25-26,34-35H,3-5,8-11,13-17,22-23H2,1-2H3;2*1H. The largest absolute Gasteiger partial charge is 0.489 e. The molecule has 236 valence electrons. The van der Waals surface area contributed by atoms with Crippen molar-refractivity contribution in [3.05, 3.63) is 53.2 Å². The van der Waals surface area contributed by atoms with E-state index >= 15 is 0 Å². The molecule has 2 aliphatic heterocycles. The minimum absolute atomic E-state index is 0. The smallest absolute Gasteiger partial charge is 0.161 e. The van der Waals surface area contributed by atoms with E-state index in [1.54, 1.807) is 11.3 Å². The molecule has 0 unspecified atom stereocenters. The number of nitrogens with zero attached hydrogens (tertiary/aromatic N) is 3. The zero-order valence-electron chi connectivity index (χ0n) is 25.5. The van der Waals surface area contributed by atoms with Crippen molar-refractivity contribution >= 4 is 46.4 Å². The van der Waals surface area contributed by atoms with E-state index in [1.165, 1.54) is 52.9 Å². The Bertz CT molecular complexity index is 1420. The molecule has 3 aromatic heterocycles. The van der Waals surface area contributed by atoms with Gasteiger partial charge >= 0.3 is 0 Å². The van der Waals surface area contributed by atoms with Gasteiger partial charge in [0, 0.05) is 25.5 Å². The molecule has 2 aliphatic rings. The Morgan fingerprint density at radius 1 is 0.907 bits per heavy atom. The molecule has 0 radical (unpaired) electrons. The molecule has 4 aromatic rings. The number of halogens is 2. The summed E-state index contributed by atoms with van der Waals surface area (Å²) in [6, 6.07) is 11.1. The summed E-state index contributed by atoms with van der Waals surface area (Å²) < 4.78 is 18.9. The number of hydrogen-bond donors (Lipinski definition) is 2. The van der Waals surface area contributed by atoms with E-state index in [1.807, 2.05) is 0 Å². The lowest BCUT2D eigenvalue weighted by Crippen LogP contribution is -2.31. The van der Waals surface area contributed by atoms with Crippen LogP contribution in [0.15, 0.2) is 41.9 Å². The third-order valence-corrected chi connectivity index (χ3v) is 9.77. The molecular weight excluding hydrogens is 601 g/mol. The van der Waals surface area contributed by atoms with Crippen molar-refractivity contribution in [1.29, 1.82) is 0 Å². The summed E-state index contributed by atoms with van der Waals surface area (Å²) in [6.45, 7) is 9.05. The topological polar surface area (TPSA) is 65.3 Å². The van der Waals surface area contributed by atoms with Crippen LogP contribution in [0.2, 0.25) is 0 Å². The fourth-order valence-corrected chi connectivity index (χ4v) is 7.15. The van der Waals surface area contributed by atoms with Gasteiger partial charge in [0.15, 0.2) is 17.3 Å². The maximum atomic E-state index is 6.48. The third kappa shape index (κ3) is 8.08. The van der Waals surface area contributed by atoms with Gasteiger partial charge in [0.1, 0.15) is 0 Å². The van der Waals surface area contributed by atoms with Crippen LogP contribution in [-0.2, 0) is 26.4 Å². The van der Waals surface area contributed by atoms with Crippen molar-refractivity contribution in [2.24, 2.45) is 18.9 Å². The van der Waals surface area contributed by atoms with Crippen LogP contribution >= 0.6 is 36.2 Å². The van der Waals surface area contributed by atoms with Crippen molar-refractivity contribution in [2.45, 2.75) is 58.4 Å². The van der Waals surface area contributed by atoms with E-state index in [0.29, 0.717) is 11.8 Å². The average molecular weight is 649 g/mol. The highest BCUT2D eigenvalue weighted by Gasteiger charge is 2.19. The fraction of sp³-hybridized carbons (Fsp3) is 0.545. The number of fused-ring (bicyclic) bond motifs is 1. The van der Waals surface area contributed by atoms with E-state index < -0.39 is 0 Å². The molecule has 43 heavy (non-hydrogen) atoms. The highest BCUT2D eigenvalue weighted by Crippen LogP contribution is 2.33. The van der Waals surface area contributed by atoms with Gasteiger partial charge < -0.3 is 29.2 Å². The molecule has 6 rings (SSSR count). The van der Waals surface area contributed by atoms with Gasteiger partial charge in [0.05, 0.1) is 29.1 Å². The number of benzene rings is 1. The van der Waals surface area contributed by atoms with E-state index in [4.69, 9.17) is 14.5 Å². The maximum absolute atomic E-state index is 6.48. The van der Waals surface area contributed by atoms with E-state index in [-0.39, 0.29) is 24.8 Å². The summed E-state index contributed by atoms with van der Waals surface area (Å²) in [5.74, 6) is 4.11. The Morgan fingerprint density at radius 3 is 2.23 bits per heavy atom. The van der Waals surface area contributed by atoms with Crippen LogP contribution in [0.1, 0.15) is 50.3 Å². The second kappa shape index (κ2) is 16.2. The fourth-order valence-electron chi connectivity index (χ4n) is 6.31. The first-order valence-corrected chi connectivity index (χ1v) is 16.4. The summed E-state index contributed by atoms with van der Waals surface area (Å²) in [5.41, 5.74) is 5.06. The molecule has 0 bridgehead atoms. The van der Waals surface area contributed by atoms with E-state index in [9.17, 15) is 0 Å². The number of hydrogen-bond acceptors (Lipinski definition) is 6. The van der Waals surface area contributed by atoms with Crippen molar-refractivity contribution in [3.63, 3.8) is 0 Å². The highest BCUT2D eigenvalue weighted by molar-refractivity contribution is 7.17. The lowest BCUT2D eigenvalue weighted by molar-refractivity contribution is 0.185. The van der Waals surface area contributed by atoms with Crippen molar-refractivity contribution in [2.75, 3.05) is 39.4 Å². The van der Waals surface area contributed by atoms with Crippen LogP contribution < -0.4 is 20.1 Å². The number of thiophene rings is 1. The minimum Gasteiger partial charge on any atom is -0.489 e. The second-order valence-electron chi connectivity index (χ2n) is 11.7. The van der Waals surface area contributed by atoms with Crippen molar-refractivity contribution in [1.82, 2.24) is 24.8 Å². The molecule has 0 spiro atoms. The van der Waals surface area contributed by atoms with E-state index in [0.717, 1.165) is 82.5 Å². The zero-order valence-corrected chi connectivity index (χ0v) is 27.9. The van der Waals surface area contributed by atoms with Gasteiger partial charge in [-0.15, -0.1) is 36.2 Å². The molecule has 0 atom stereocenters. The number of aryl methyl sites for hydroxylation is 3. The summed E-state index contributed by atoms with van der Waals surface area (Å²) >= 11 is 1.79. The molecule has 2 saturated heterocycles. The van der Waals surface area contributed by atoms with Gasteiger partial charge in [-0.3, -0.25) is 0 Å². The van der Waals surface area contributed by atoms with Crippen LogP contribution in [0.4, 0.5) is 0 Å². The SMILES string of the molecule is CCc1cnc(-c2cc3sccc3n2C)n1CCCc1ccc(OCC2CCNCC2)c(OCC2CCNCC2)c1.Cl.Cl. The van der Waals surface area contributed by atoms with E-state index in [2.05, 4.69) is 75.6 Å². The number of rotatable bonds is 12. The molecular formula is C33H47Cl2N5O2S. The Kier molecular flexibility index (Phi) is 12.7. The molecule has 5 heterocycles. The zero-order chi connectivity index (χ0) is 28.0. The monoisotopic (exact) mass is 647 g/mol. The Balaban J connectivity index is 0.00000212. The highest BCUT2D eigenvalue weighted by atomic mass is 35.5. The maximum Gasteiger partial charge on any atom is 0.161 e. The average Bonchev–Trinajstić information content (AvgIpc) is 3.72. The Morgan fingerprint density at radius 2 is 1.58 bits per heavy atom. The minimum atomic E-state index is 0. The predicted octanol–water partition coefficient (Wildman–Crippen LogP) is 6.90. The van der Waals surface area contributed by atoms with Crippen LogP contribution in [0, 0.1) is 11.8 Å². The molecule has 2 fully saturated rings. The first-order chi connectivity index (χ1) is 20.2. The molecule has 1 aromatic carbocycles. The van der Waals surface area contributed by atoms with Gasteiger partial charge in [-0.25, -0.2) is 4.98 Å². The third-order valence-electron chi connectivity index (χ3n) is 8.92. The predicted molar refractivity (Wildman–Crippen MR) is 183 cm³/mol. The lowest BCUT2D eigenvalue weighted by Gasteiger charge is -2.25. The normalized spacial score (nSPS) is 16.1. The van der Waals surface area contributed by atoms with Crippen LogP contribution in [-0.4, -0.2) is 53.5 Å². The summed E-state index contributed by atoms with van der Waals surface area (Å²) in [4.78, 5) is 4.87. The first-order valence-electron chi connectivity index (χ1n) is 15.6. The molecule has 0 saturated carbocycles. The summed E-state index contributed by atoms with van der Waals surface area (Å²) in [7, 11) is 2.15. The number of piperidine rings is 2. The number of nitrogens with one attached hydrogen (secondary N) is 2. The van der Waals surface area contributed by atoms with Crippen LogP contribution in [0.5, 0.6) is 11.5 Å². The van der Waals surface area contributed by atoms with Gasteiger partial charge in [0.2, 0.25) is 0 Å². The number of ether oxygens (including phenoxy) is 2. The quantitative estimate of drug-likeness (QED) is 0.175. The molecule has 10 heteroatoms. The van der Waals surface area contributed by atoms with Crippen molar-refractivity contribution in [3.8, 4) is 23.0 Å². The first kappa shape index (κ1) is 33.7. The van der Waals surface area contributed by atoms with Gasteiger partial charge in [-0.05, 0) is 118 Å². The Hall–Kier alpha value is -2.23. The van der Waals surface area contributed by atoms with Crippen LogP contribution in [0.25, 0.3) is 21.7 Å². The Labute approximate surface area is 272 Å². The van der Waals surface area contributed by atoms with Gasteiger partial charge in [-0.2, -0.15) is 0 Å². The molecule has 0 aliphatic carbocycles. The van der Waals surface area contributed by atoms with Crippen molar-refractivity contribution < 1.29 is 9.47 Å². The molecule has 7 nitrogen and oxygen atoms in total. The molecule has 0 amide bonds. The number of imidazole rings is 1.